The average molecular weight is 310 g/mol. The molecule has 1 unspecified atom stereocenters. The van der Waals surface area contributed by atoms with Crippen LogP contribution in [0.15, 0.2) is 52.2 Å². The largest absolute Gasteiger partial charge is 0.309 e. The van der Waals surface area contributed by atoms with Gasteiger partial charge >= 0.3 is 0 Å². The molecule has 0 aliphatic carbocycles. The minimum Gasteiger partial charge on any atom is -0.309 e. The predicted molar refractivity (Wildman–Crippen MR) is 92.6 cm³/mol. The first-order chi connectivity index (χ1) is 10.5. The second kappa shape index (κ2) is 5.97. The summed E-state index contributed by atoms with van der Waals surface area (Å²) in [6.07, 6.45) is 0. The van der Waals surface area contributed by atoms with Crippen LogP contribution >= 0.6 is 11.8 Å². The van der Waals surface area contributed by atoms with Crippen LogP contribution < -0.4 is 5.56 Å². The summed E-state index contributed by atoms with van der Waals surface area (Å²) in [6.45, 7) is 6.27. The fraction of sp³-hybridized carbons (Fsp3) is 0.222. The molecule has 0 radical (unpaired) electrons. The molecular formula is C18H18N2OS. The zero-order chi connectivity index (χ0) is 15.7. The molecule has 1 N–H and O–H groups in total. The van der Waals surface area contributed by atoms with E-state index in [1.165, 1.54) is 16.0 Å². The number of thioether (sulfide) groups is 1. The summed E-state index contributed by atoms with van der Waals surface area (Å²) in [5, 5.41) is 0.716. The monoisotopic (exact) mass is 310 g/mol. The molecule has 0 bridgehead atoms. The van der Waals surface area contributed by atoms with Crippen LogP contribution in [0.2, 0.25) is 0 Å². The second-order valence-corrected chi connectivity index (χ2v) is 6.88. The van der Waals surface area contributed by atoms with E-state index >= 15 is 0 Å². The standard InChI is InChI=1S/C18H18N2OS/c1-11-8-9-16(12(2)10-11)22-13(3)17-19-15-7-5-4-6-14(15)18(21)20-17/h4-10,13H,1-3H3,(H,19,20,21). The zero-order valence-electron chi connectivity index (χ0n) is 12.9. The molecule has 0 aliphatic heterocycles. The third kappa shape index (κ3) is 2.92. The van der Waals surface area contributed by atoms with Gasteiger partial charge in [-0.2, -0.15) is 0 Å². The molecule has 1 aromatic heterocycles. The van der Waals surface area contributed by atoms with Crippen molar-refractivity contribution in [2.75, 3.05) is 0 Å². The number of hydrogen-bond donors (Lipinski definition) is 1. The molecule has 0 aliphatic rings. The molecule has 3 aromatic rings. The number of nitrogens with one attached hydrogen (secondary N) is 1. The maximum Gasteiger partial charge on any atom is 0.258 e. The lowest BCUT2D eigenvalue weighted by Gasteiger charge is -2.13. The van der Waals surface area contributed by atoms with Crippen LogP contribution in [0.5, 0.6) is 0 Å². The maximum absolute atomic E-state index is 12.2. The summed E-state index contributed by atoms with van der Waals surface area (Å²) >= 11 is 1.72. The third-order valence-corrected chi connectivity index (χ3v) is 4.94. The third-order valence-electron chi connectivity index (χ3n) is 3.65. The molecule has 4 heteroatoms. The smallest absolute Gasteiger partial charge is 0.258 e. The first-order valence-electron chi connectivity index (χ1n) is 7.27. The van der Waals surface area contributed by atoms with E-state index in [1.54, 1.807) is 17.8 Å². The average Bonchev–Trinajstić information content (AvgIpc) is 2.50. The van der Waals surface area contributed by atoms with Gasteiger partial charge in [0, 0.05) is 4.90 Å². The molecule has 2 aromatic carbocycles. The number of rotatable bonds is 3. The Morgan fingerprint density at radius 3 is 2.68 bits per heavy atom. The van der Waals surface area contributed by atoms with Crippen LogP contribution in [0.4, 0.5) is 0 Å². The van der Waals surface area contributed by atoms with Gasteiger partial charge in [-0.1, -0.05) is 29.8 Å². The highest BCUT2D eigenvalue weighted by atomic mass is 32.2. The lowest BCUT2D eigenvalue weighted by molar-refractivity contribution is 0.922. The number of H-pyrrole nitrogens is 1. The maximum atomic E-state index is 12.2. The van der Waals surface area contributed by atoms with Crippen molar-refractivity contribution in [3.8, 4) is 0 Å². The number of aryl methyl sites for hydroxylation is 2. The highest BCUT2D eigenvalue weighted by Gasteiger charge is 2.13. The number of fused-ring (bicyclic) bond motifs is 1. The van der Waals surface area contributed by atoms with Gasteiger partial charge in [-0.25, -0.2) is 4.98 Å². The van der Waals surface area contributed by atoms with Crippen molar-refractivity contribution in [1.29, 1.82) is 0 Å². The molecule has 0 fully saturated rings. The van der Waals surface area contributed by atoms with E-state index in [-0.39, 0.29) is 10.8 Å². The van der Waals surface area contributed by atoms with Gasteiger partial charge in [0.05, 0.1) is 16.2 Å². The Kier molecular flexibility index (Phi) is 4.03. The van der Waals surface area contributed by atoms with E-state index in [0.29, 0.717) is 11.2 Å². The number of aromatic nitrogens is 2. The van der Waals surface area contributed by atoms with Gasteiger partial charge in [-0.15, -0.1) is 11.8 Å². The fourth-order valence-corrected chi connectivity index (χ4v) is 3.47. The van der Waals surface area contributed by atoms with Crippen LogP contribution in [0, 0.1) is 13.8 Å². The molecule has 0 saturated carbocycles. The first-order valence-corrected chi connectivity index (χ1v) is 8.15. The van der Waals surface area contributed by atoms with Crippen LogP contribution in [-0.4, -0.2) is 9.97 Å². The first kappa shape index (κ1) is 14.9. The fourth-order valence-electron chi connectivity index (χ4n) is 2.47. The SMILES string of the molecule is Cc1ccc(SC(C)c2nc3ccccc3c(=O)[nH]2)c(C)c1. The molecule has 22 heavy (non-hydrogen) atoms. The Bertz CT molecular complexity index is 886. The molecule has 0 amide bonds. The van der Waals surface area contributed by atoms with Crippen molar-refractivity contribution in [3.63, 3.8) is 0 Å². The lowest BCUT2D eigenvalue weighted by Crippen LogP contribution is -2.12. The van der Waals surface area contributed by atoms with E-state index < -0.39 is 0 Å². The molecule has 112 valence electrons. The summed E-state index contributed by atoms with van der Waals surface area (Å²) in [5.74, 6) is 0.716. The predicted octanol–water partition coefficient (Wildman–Crippen LogP) is 4.39. The van der Waals surface area contributed by atoms with Gasteiger partial charge in [-0.3, -0.25) is 4.79 Å². The minimum atomic E-state index is -0.0753. The summed E-state index contributed by atoms with van der Waals surface area (Å²) in [7, 11) is 0. The van der Waals surface area contributed by atoms with E-state index in [9.17, 15) is 4.79 Å². The molecule has 0 spiro atoms. The van der Waals surface area contributed by atoms with Crippen LogP contribution in [0.3, 0.4) is 0 Å². The van der Waals surface area contributed by atoms with Crippen molar-refractivity contribution in [3.05, 3.63) is 69.8 Å². The van der Waals surface area contributed by atoms with Crippen molar-refractivity contribution in [1.82, 2.24) is 9.97 Å². The van der Waals surface area contributed by atoms with E-state index in [1.807, 2.05) is 18.2 Å². The minimum absolute atomic E-state index is 0.0753. The summed E-state index contributed by atoms with van der Waals surface area (Å²) in [4.78, 5) is 20.9. The molecule has 0 saturated heterocycles. The normalized spacial score (nSPS) is 12.5. The molecule has 1 heterocycles. The van der Waals surface area contributed by atoms with E-state index in [4.69, 9.17) is 0 Å². The number of benzene rings is 2. The topological polar surface area (TPSA) is 45.8 Å². The van der Waals surface area contributed by atoms with Gasteiger partial charge in [0.1, 0.15) is 5.82 Å². The number of para-hydroxylation sites is 1. The lowest BCUT2D eigenvalue weighted by atomic mass is 10.2. The van der Waals surface area contributed by atoms with Crippen molar-refractivity contribution in [2.24, 2.45) is 0 Å². The molecular weight excluding hydrogens is 292 g/mol. The van der Waals surface area contributed by atoms with Crippen LogP contribution in [0.1, 0.15) is 29.1 Å². The zero-order valence-corrected chi connectivity index (χ0v) is 13.7. The van der Waals surface area contributed by atoms with Gasteiger partial charge in [0.15, 0.2) is 0 Å². The van der Waals surface area contributed by atoms with Crippen molar-refractivity contribution < 1.29 is 0 Å². The Hall–Kier alpha value is -2.07. The Balaban J connectivity index is 1.95. The summed E-state index contributed by atoms with van der Waals surface area (Å²) in [5.41, 5.74) is 3.18. The van der Waals surface area contributed by atoms with E-state index in [2.05, 4.69) is 48.9 Å². The van der Waals surface area contributed by atoms with Gasteiger partial charge < -0.3 is 4.98 Å². The van der Waals surface area contributed by atoms with Crippen LogP contribution in [0.25, 0.3) is 10.9 Å². The van der Waals surface area contributed by atoms with E-state index in [0.717, 1.165) is 5.52 Å². The Morgan fingerprint density at radius 2 is 1.91 bits per heavy atom. The highest BCUT2D eigenvalue weighted by Crippen LogP contribution is 2.35. The van der Waals surface area contributed by atoms with Crippen LogP contribution in [-0.2, 0) is 0 Å². The molecule has 3 nitrogen and oxygen atoms in total. The Morgan fingerprint density at radius 1 is 1.14 bits per heavy atom. The summed E-state index contributed by atoms with van der Waals surface area (Å²) in [6, 6.07) is 13.8. The summed E-state index contributed by atoms with van der Waals surface area (Å²) < 4.78 is 0. The van der Waals surface area contributed by atoms with Gasteiger partial charge in [0.2, 0.25) is 0 Å². The number of aromatic amines is 1. The molecule has 3 rings (SSSR count). The van der Waals surface area contributed by atoms with Gasteiger partial charge in [-0.05, 0) is 44.5 Å². The number of hydrogen-bond acceptors (Lipinski definition) is 3. The van der Waals surface area contributed by atoms with Gasteiger partial charge in [0.25, 0.3) is 5.56 Å². The highest BCUT2D eigenvalue weighted by molar-refractivity contribution is 7.99. The number of nitrogens with zero attached hydrogens (tertiary/aromatic N) is 1. The quantitative estimate of drug-likeness (QED) is 0.730. The van der Waals surface area contributed by atoms with Crippen molar-refractivity contribution in [2.45, 2.75) is 30.9 Å². The van der Waals surface area contributed by atoms with Crippen molar-refractivity contribution >= 4 is 22.7 Å². The Labute approximate surface area is 133 Å². The molecule has 1 atom stereocenters. The second-order valence-electron chi connectivity index (χ2n) is 5.50.